The first-order valence-corrected chi connectivity index (χ1v) is 6.28. The normalized spacial score (nSPS) is 10.5. The zero-order chi connectivity index (χ0) is 10.7. The van der Waals surface area contributed by atoms with Crippen molar-refractivity contribution in [3.8, 4) is 10.6 Å². The first kappa shape index (κ1) is 10.8. The molecule has 0 fully saturated rings. The van der Waals surface area contributed by atoms with Gasteiger partial charge in [0.25, 0.3) is 0 Å². The predicted molar refractivity (Wildman–Crippen MR) is 66.0 cm³/mol. The Bertz CT molecular complexity index is 455. The van der Waals surface area contributed by atoms with Crippen molar-refractivity contribution >= 4 is 27.3 Å². The number of aliphatic hydroxyl groups excluding tert-OH is 1. The van der Waals surface area contributed by atoms with Crippen molar-refractivity contribution in [1.82, 2.24) is 4.98 Å². The van der Waals surface area contributed by atoms with E-state index in [-0.39, 0.29) is 6.61 Å². The minimum atomic E-state index is 0.152. The highest BCUT2D eigenvalue weighted by Gasteiger charge is 2.06. The van der Waals surface area contributed by atoms with Crippen LogP contribution >= 0.6 is 27.3 Å². The lowest BCUT2D eigenvalue weighted by Gasteiger charge is -1.98. The van der Waals surface area contributed by atoms with Crippen LogP contribution in [0.25, 0.3) is 10.6 Å². The van der Waals surface area contributed by atoms with Crippen LogP contribution in [0.15, 0.2) is 34.1 Å². The Morgan fingerprint density at radius 2 is 2.13 bits per heavy atom. The summed E-state index contributed by atoms with van der Waals surface area (Å²) in [5, 5.41) is 11.8. The van der Waals surface area contributed by atoms with E-state index in [1.165, 1.54) is 0 Å². The third-order valence-electron chi connectivity index (χ3n) is 2.02. The molecule has 0 saturated carbocycles. The molecule has 0 aliphatic carbocycles. The number of rotatable bonds is 3. The summed E-state index contributed by atoms with van der Waals surface area (Å²) in [6.45, 7) is 0.152. The fraction of sp³-hybridized carbons (Fsp3) is 0.182. The van der Waals surface area contributed by atoms with Gasteiger partial charge < -0.3 is 5.11 Å². The molecule has 0 spiro atoms. The molecule has 4 heteroatoms. The molecule has 0 aliphatic rings. The fourth-order valence-corrected chi connectivity index (χ4v) is 2.79. The van der Waals surface area contributed by atoms with Crippen LogP contribution in [0.4, 0.5) is 0 Å². The molecular weight excluding hydrogens is 274 g/mol. The van der Waals surface area contributed by atoms with E-state index in [0.29, 0.717) is 6.42 Å². The van der Waals surface area contributed by atoms with Gasteiger partial charge in [-0.05, 0) is 6.07 Å². The van der Waals surface area contributed by atoms with Crippen LogP contribution in [0.2, 0.25) is 0 Å². The number of thiazole rings is 1. The highest BCUT2D eigenvalue weighted by molar-refractivity contribution is 9.10. The van der Waals surface area contributed by atoms with E-state index >= 15 is 0 Å². The Hall–Kier alpha value is -0.710. The van der Waals surface area contributed by atoms with Gasteiger partial charge in [0, 0.05) is 28.4 Å². The zero-order valence-corrected chi connectivity index (χ0v) is 10.4. The van der Waals surface area contributed by atoms with Crippen LogP contribution in [-0.4, -0.2) is 16.7 Å². The molecule has 1 aromatic heterocycles. The standard InChI is InChI=1S/C11H10BrNOS/c12-10-4-2-1-3-9(10)11-13-8(5-6-14)7-15-11/h1-4,7,14H,5-6H2. The molecule has 1 heterocycles. The Kier molecular flexibility index (Phi) is 3.51. The molecule has 2 rings (SSSR count). The molecule has 15 heavy (non-hydrogen) atoms. The monoisotopic (exact) mass is 283 g/mol. The summed E-state index contributed by atoms with van der Waals surface area (Å²) in [6.07, 6.45) is 0.626. The maximum Gasteiger partial charge on any atom is 0.124 e. The number of hydrogen-bond donors (Lipinski definition) is 1. The molecule has 0 unspecified atom stereocenters. The van der Waals surface area contributed by atoms with Gasteiger partial charge in [0.1, 0.15) is 5.01 Å². The van der Waals surface area contributed by atoms with E-state index in [0.717, 1.165) is 20.7 Å². The molecule has 0 aliphatic heterocycles. The average molecular weight is 284 g/mol. The lowest BCUT2D eigenvalue weighted by atomic mass is 10.2. The van der Waals surface area contributed by atoms with Crippen LogP contribution in [0.5, 0.6) is 0 Å². The van der Waals surface area contributed by atoms with Gasteiger partial charge in [-0.2, -0.15) is 0 Å². The van der Waals surface area contributed by atoms with Crippen LogP contribution in [-0.2, 0) is 6.42 Å². The van der Waals surface area contributed by atoms with Crippen molar-refractivity contribution in [3.63, 3.8) is 0 Å². The van der Waals surface area contributed by atoms with Crippen molar-refractivity contribution in [2.45, 2.75) is 6.42 Å². The quantitative estimate of drug-likeness (QED) is 0.939. The van der Waals surface area contributed by atoms with Crippen molar-refractivity contribution < 1.29 is 5.11 Å². The van der Waals surface area contributed by atoms with Gasteiger partial charge >= 0.3 is 0 Å². The Morgan fingerprint density at radius 1 is 1.33 bits per heavy atom. The highest BCUT2D eigenvalue weighted by atomic mass is 79.9. The topological polar surface area (TPSA) is 33.1 Å². The third kappa shape index (κ3) is 2.45. The first-order chi connectivity index (χ1) is 7.31. The van der Waals surface area contributed by atoms with Gasteiger partial charge in [-0.1, -0.05) is 34.1 Å². The molecule has 0 radical (unpaired) electrons. The van der Waals surface area contributed by atoms with Gasteiger partial charge in [0.15, 0.2) is 0 Å². The third-order valence-corrected chi connectivity index (χ3v) is 3.64. The lowest BCUT2D eigenvalue weighted by Crippen LogP contribution is -1.90. The Balaban J connectivity index is 2.33. The minimum absolute atomic E-state index is 0.152. The van der Waals surface area contributed by atoms with Crippen molar-refractivity contribution in [2.24, 2.45) is 0 Å². The molecule has 0 saturated heterocycles. The number of aliphatic hydroxyl groups is 1. The number of halogens is 1. The summed E-state index contributed by atoms with van der Waals surface area (Å²) in [5.74, 6) is 0. The summed E-state index contributed by atoms with van der Waals surface area (Å²) in [5.41, 5.74) is 2.06. The molecule has 0 amide bonds. The molecule has 78 valence electrons. The fourth-order valence-electron chi connectivity index (χ4n) is 1.29. The highest BCUT2D eigenvalue weighted by Crippen LogP contribution is 2.30. The van der Waals surface area contributed by atoms with Crippen LogP contribution < -0.4 is 0 Å². The van der Waals surface area contributed by atoms with Crippen molar-refractivity contribution in [3.05, 3.63) is 39.8 Å². The van der Waals surface area contributed by atoms with E-state index in [2.05, 4.69) is 20.9 Å². The largest absolute Gasteiger partial charge is 0.396 e. The molecule has 0 atom stereocenters. The summed E-state index contributed by atoms with van der Waals surface area (Å²) in [7, 11) is 0. The van der Waals surface area contributed by atoms with E-state index < -0.39 is 0 Å². The average Bonchev–Trinajstić information content (AvgIpc) is 2.68. The number of nitrogens with zero attached hydrogens (tertiary/aromatic N) is 1. The number of hydrogen-bond acceptors (Lipinski definition) is 3. The first-order valence-electron chi connectivity index (χ1n) is 4.61. The summed E-state index contributed by atoms with van der Waals surface area (Å²) in [6, 6.07) is 8.01. The molecule has 2 aromatic rings. The van der Waals surface area contributed by atoms with E-state index in [1.807, 2.05) is 29.6 Å². The molecule has 1 N–H and O–H groups in total. The molecular formula is C11H10BrNOS. The van der Waals surface area contributed by atoms with Crippen LogP contribution in [0, 0.1) is 0 Å². The van der Waals surface area contributed by atoms with Gasteiger partial charge in [-0.15, -0.1) is 11.3 Å². The zero-order valence-electron chi connectivity index (χ0n) is 7.98. The second-order valence-electron chi connectivity index (χ2n) is 3.10. The van der Waals surface area contributed by atoms with Crippen LogP contribution in [0.3, 0.4) is 0 Å². The second-order valence-corrected chi connectivity index (χ2v) is 4.81. The van der Waals surface area contributed by atoms with E-state index in [1.54, 1.807) is 11.3 Å². The van der Waals surface area contributed by atoms with Gasteiger partial charge in [-0.25, -0.2) is 4.98 Å². The lowest BCUT2D eigenvalue weighted by molar-refractivity contribution is 0.298. The maximum atomic E-state index is 8.81. The van der Waals surface area contributed by atoms with Gasteiger partial charge in [0.05, 0.1) is 5.69 Å². The van der Waals surface area contributed by atoms with Crippen LogP contribution in [0.1, 0.15) is 5.69 Å². The van der Waals surface area contributed by atoms with Gasteiger partial charge in [0.2, 0.25) is 0 Å². The molecule has 1 aromatic carbocycles. The number of aromatic nitrogens is 1. The van der Waals surface area contributed by atoms with E-state index in [4.69, 9.17) is 5.11 Å². The second kappa shape index (κ2) is 4.88. The Labute approximate surface area is 101 Å². The van der Waals surface area contributed by atoms with Crippen molar-refractivity contribution in [1.29, 1.82) is 0 Å². The summed E-state index contributed by atoms with van der Waals surface area (Å²) in [4.78, 5) is 4.46. The molecule has 2 nitrogen and oxygen atoms in total. The number of benzene rings is 1. The van der Waals surface area contributed by atoms with Crippen molar-refractivity contribution in [2.75, 3.05) is 6.61 Å². The van der Waals surface area contributed by atoms with E-state index in [9.17, 15) is 0 Å². The molecule has 0 bridgehead atoms. The summed E-state index contributed by atoms with van der Waals surface area (Å²) < 4.78 is 1.05. The predicted octanol–water partition coefficient (Wildman–Crippen LogP) is 3.11. The SMILES string of the molecule is OCCc1csc(-c2ccccc2Br)n1. The minimum Gasteiger partial charge on any atom is -0.396 e. The smallest absolute Gasteiger partial charge is 0.124 e. The summed E-state index contributed by atoms with van der Waals surface area (Å²) >= 11 is 5.10. The Morgan fingerprint density at radius 3 is 2.87 bits per heavy atom. The van der Waals surface area contributed by atoms with Gasteiger partial charge in [-0.3, -0.25) is 0 Å². The maximum absolute atomic E-state index is 8.81.